The molecule has 88 valence electrons. The van der Waals surface area contributed by atoms with Crippen LogP contribution in [0.4, 0.5) is 0 Å². The first kappa shape index (κ1) is 12.0. The SMILES string of the molecule is Cc1ccc([C@@H]2SCCN2C(=O)C(C)C)s1. The normalized spacial score (nSPS) is 20.8. The van der Waals surface area contributed by atoms with Gasteiger partial charge in [0.2, 0.25) is 5.91 Å². The van der Waals surface area contributed by atoms with E-state index < -0.39 is 0 Å². The van der Waals surface area contributed by atoms with Gasteiger partial charge in [0, 0.05) is 28.0 Å². The van der Waals surface area contributed by atoms with Gasteiger partial charge in [0.05, 0.1) is 0 Å². The first-order valence-electron chi connectivity index (χ1n) is 5.58. The third kappa shape index (κ3) is 2.28. The van der Waals surface area contributed by atoms with Crippen molar-refractivity contribution in [3.8, 4) is 0 Å². The molecule has 1 saturated heterocycles. The van der Waals surface area contributed by atoms with Crippen molar-refractivity contribution in [2.24, 2.45) is 5.92 Å². The van der Waals surface area contributed by atoms with E-state index in [1.807, 2.05) is 30.5 Å². The number of hydrogen-bond donors (Lipinski definition) is 0. The topological polar surface area (TPSA) is 20.3 Å². The Morgan fingerprint density at radius 3 is 2.81 bits per heavy atom. The zero-order valence-corrected chi connectivity index (χ0v) is 11.5. The van der Waals surface area contributed by atoms with Crippen LogP contribution < -0.4 is 0 Å². The maximum absolute atomic E-state index is 12.1. The van der Waals surface area contributed by atoms with E-state index in [1.54, 1.807) is 11.3 Å². The van der Waals surface area contributed by atoms with Gasteiger partial charge in [0.15, 0.2) is 0 Å². The molecule has 1 aliphatic rings. The van der Waals surface area contributed by atoms with E-state index in [-0.39, 0.29) is 17.2 Å². The van der Waals surface area contributed by atoms with Crippen molar-refractivity contribution in [3.05, 3.63) is 21.9 Å². The van der Waals surface area contributed by atoms with Gasteiger partial charge in [-0.15, -0.1) is 23.1 Å². The molecule has 0 aromatic carbocycles. The molecule has 1 amide bonds. The number of nitrogens with zero attached hydrogens (tertiary/aromatic N) is 1. The van der Waals surface area contributed by atoms with E-state index in [1.165, 1.54) is 9.75 Å². The quantitative estimate of drug-likeness (QED) is 0.808. The molecule has 0 radical (unpaired) electrons. The molecule has 0 unspecified atom stereocenters. The average molecular weight is 255 g/mol. The predicted octanol–water partition coefficient (Wildman–Crippen LogP) is 3.29. The summed E-state index contributed by atoms with van der Waals surface area (Å²) in [6.07, 6.45) is 0. The van der Waals surface area contributed by atoms with Crippen molar-refractivity contribution in [1.29, 1.82) is 0 Å². The smallest absolute Gasteiger partial charge is 0.226 e. The molecule has 0 aliphatic carbocycles. The van der Waals surface area contributed by atoms with Gasteiger partial charge in [-0.2, -0.15) is 0 Å². The second kappa shape index (κ2) is 4.80. The standard InChI is InChI=1S/C12H17NOS2/c1-8(2)11(14)13-6-7-15-12(13)10-5-4-9(3)16-10/h4-5,8,12H,6-7H2,1-3H3/t12-/m0/s1. The van der Waals surface area contributed by atoms with E-state index in [0.29, 0.717) is 0 Å². The fraction of sp³-hybridized carbons (Fsp3) is 0.583. The maximum Gasteiger partial charge on any atom is 0.226 e. The number of aryl methyl sites for hydroxylation is 1. The van der Waals surface area contributed by atoms with Crippen molar-refractivity contribution in [3.63, 3.8) is 0 Å². The second-order valence-electron chi connectivity index (χ2n) is 4.36. The number of carbonyl (C=O) groups is 1. The van der Waals surface area contributed by atoms with Gasteiger partial charge in [0.25, 0.3) is 0 Å². The lowest BCUT2D eigenvalue weighted by Gasteiger charge is -2.24. The van der Waals surface area contributed by atoms with Crippen molar-refractivity contribution in [2.45, 2.75) is 26.1 Å². The molecule has 2 rings (SSSR count). The number of thioether (sulfide) groups is 1. The largest absolute Gasteiger partial charge is 0.325 e. The van der Waals surface area contributed by atoms with Crippen molar-refractivity contribution in [1.82, 2.24) is 4.90 Å². The van der Waals surface area contributed by atoms with Gasteiger partial charge < -0.3 is 4.90 Å². The molecule has 2 heterocycles. The number of thiophene rings is 1. The third-order valence-electron chi connectivity index (χ3n) is 2.67. The lowest BCUT2D eigenvalue weighted by Crippen LogP contribution is -2.33. The van der Waals surface area contributed by atoms with Crippen LogP contribution in [0.15, 0.2) is 12.1 Å². The van der Waals surface area contributed by atoms with E-state index in [0.717, 1.165) is 12.3 Å². The van der Waals surface area contributed by atoms with Crippen LogP contribution in [-0.4, -0.2) is 23.1 Å². The molecule has 1 fully saturated rings. The van der Waals surface area contributed by atoms with Crippen LogP contribution in [0.5, 0.6) is 0 Å². The van der Waals surface area contributed by atoms with Crippen molar-refractivity contribution in [2.75, 3.05) is 12.3 Å². The minimum atomic E-state index is 0.0993. The van der Waals surface area contributed by atoms with Crippen LogP contribution in [0.25, 0.3) is 0 Å². The first-order valence-corrected chi connectivity index (χ1v) is 7.44. The molecular formula is C12H17NOS2. The summed E-state index contributed by atoms with van der Waals surface area (Å²) >= 11 is 3.68. The summed E-state index contributed by atoms with van der Waals surface area (Å²) < 4.78 is 0. The van der Waals surface area contributed by atoms with E-state index in [4.69, 9.17) is 0 Å². The van der Waals surface area contributed by atoms with Gasteiger partial charge in [-0.25, -0.2) is 0 Å². The summed E-state index contributed by atoms with van der Waals surface area (Å²) in [5.74, 6) is 1.43. The van der Waals surface area contributed by atoms with E-state index >= 15 is 0 Å². The average Bonchev–Trinajstić information content (AvgIpc) is 2.83. The number of rotatable bonds is 2. The highest BCUT2D eigenvalue weighted by molar-refractivity contribution is 7.99. The molecule has 1 aromatic heterocycles. The summed E-state index contributed by atoms with van der Waals surface area (Å²) in [5, 5.41) is 0.258. The molecule has 1 aliphatic heterocycles. The van der Waals surface area contributed by atoms with E-state index in [2.05, 4.69) is 19.1 Å². The molecule has 4 heteroatoms. The fourth-order valence-electron chi connectivity index (χ4n) is 1.85. The highest BCUT2D eigenvalue weighted by atomic mass is 32.2. The third-order valence-corrected chi connectivity index (χ3v) is 5.12. The summed E-state index contributed by atoms with van der Waals surface area (Å²) in [7, 11) is 0. The Balaban J connectivity index is 2.18. The Labute approximate surface area is 105 Å². The molecular weight excluding hydrogens is 238 g/mol. The van der Waals surface area contributed by atoms with Gasteiger partial charge in [-0.05, 0) is 19.1 Å². The lowest BCUT2D eigenvalue weighted by molar-refractivity contribution is -0.134. The first-order chi connectivity index (χ1) is 7.59. The Morgan fingerprint density at radius 1 is 1.50 bits per heavy atom. The van der Waals surface area contributed by atoms with Crippen LogP contribution in [0.1, 0.15) is 29.0 Å². The Bertz CT molecular complexity index is 386. The van der Waals surface area contributed by atoms with Crippen molar-refractivity contribution < 1.29 is 4.79 Å². The molecule has 2 nitrogen and oxygen atoms in total. The minimum absolute atomic E-state index is 0.0993. The fourth-order valence-corrected chi connectivity index (χ4v) is 4.23. The Hall–Kier alpha value is -0.480. The monoisotopic (exact) mass is 255 g/mol. The molecule has 0 N–H and O–H groups in total. The summed E-state index contributed by atoms with van der Waals surface area (Å²) in [4.78, 5) is 16.7. The highest BCUT2D eigenvalue weighted by Crippen LogP contribution is 2.41. The van der Waals surface area contributed by atoms with Crippen LogP contribution in [-0.2, 0) is 4.79 Å². The Kier molecular flexibility index (Phi) is 3.60. The number of carbonyl (C=O) groups excluding carboxylic acids is 1. The molecule has 1 aromatic rings. The molecule has 0 saturated carbocycles. The van der Waals surface area contributed by atoms with Gasteiger partial charge in [0.1, 0.15) is 5.37 Å². The summed E-state index contributed by atoms with van der Waals surface area (Å²) in [5.41, 5.74) is 0. The lowest BCUT2D eigenvalue weighted by atomic mass is 10.2. The van der Waals surface area contributed by atoms with Crippen LogP contribution >= 0.6 is 23.1 Å². The second-order valence-corrected chi connectivity index (χ2v) is 6.87. The minimum Gasteiger partial charge on any atom is -0.325 e. The molecule has 0 spiro atoms. The maximum atomic E-state index is 12.1. The summed E-state index contributed by atoms with van der Waals surface area (Å²) in [6.45, 7) is 6.95. The molecule has 16 heavy (non-hydrogen) atoms. The van der Waals surface area contributed by atoms with Gasteiger partial charge >= 0.3 is 0 Å². The van der Waals surface area contributed by atoms with Crippen LogP contribution in [0.3, 0.4) is 0 Å². The Morgan fingerprint density at radius 2 is 2.25 bits per heavy atom. The zero-order valence-electron chi connectivity index (χ0n) is 9.90. The number of hydrogen-bond acceptors (Lipinski definition) is 3. The number of amides is 1. The van der Waals surface area contributed by atoms with Gasteiger partial charge in [-0.1, -0.05) is 13.8 Å². The summed E-state index contributed by atoms with van der Waals surface area (Å²) in [6, 6.07) is 4.29. The molecule has 1 atom stereocenters. The predicted molar refractivity (Wildman–Crippen MR) is 70.8 cm³/mol. The molecule has 0 bridgehead atoms. The van der Waals surface area contributed by atoms with Gasteiger partial charge in [-0.3, -0.25) is 4.79 Å². The van der Waals surface area contributed by atoms with Crippen molar-refractivity contribution >= 4 is 29.0 Å². The van der Waals surface area contributed by atoms with Crippen LogP contribution in [0, 0.1) is 12.8 Å². The van der Waals surface area contributed by atoms with Crippen LogP contribution in [0.2, 0.25) is 0 Å². The zero-order chi connectivity index (χ0) is 11.7. The highest BCUT2D eigenvalue weighted by Gasteiger charge is 2.32. The van der Waals surface area contributed by atoms with E-state index in [9.17, 15) is 4.79 Å².